The van der Waals surface area contributed by atoms with E-state index in [1.54, 1.807) is 11.8 Å². The molecule has 5 heteroatoms. The molecule has 1 N–H and O–H groups in total. The first-order valence-electron chi connectivity index (χ1n) is 10.5. The Morgan fingerprint density at radius 1 is 0.967 bits per heavy atom. The smallest absolute Gasteiger partial charge is 0.261 e. The molecule has 5 nitrogen and oxygen atoms in total. The van der Waals surface area contributed by atoms with Crippen molar-refractivity contribution in [2.45, 2.75) is 54.1 Å². The molecule has 0 bridgehead atoms. The zero-order valence-electron chi connectivity index (χ0n) is 19.0. The number of amides is 2. The zero-order chi connectivity index (χ0) is 22.3. The summed E-state index contributed by atoms with van der Waals surface area (Å²) >= 11 is 0. The summed E-state index contributed by atoms with van der Waals surface area (Å²) in [5.74, 6) is 0.616. The van der Waals surface area contributed by atoms with Crippen LogP contribution in [0, 0.1) is 26.7 Å². The lowest BCUT2D eigenvalue weighted by Crippen LogP contribution is -2.49. The molecule has 162 valence electrons. The van der Waals surface area contributed by atoms with E-state index in [1.165, 1.54) is 5.56 Å². The summed E-state index contributed by atoms with van der Waals surface area (Å²) in [7, 11) is 0. The van der Waals surface area contributed by atoms with Gasteiger partial charge in [-0.15, -0.1) is 0 Å². The Morgan fingerprint density at radius 3 is 2.23 bits per heavy atom. The predicted octanol–water partition coefficient (Wildman–Crippen LogP) is 4.18. The third-order valence-electron chi connectivity index (χ3n) is 5.17. The molecule has 0 radical (unpaired) electrons. The van der Waals surface area contributed by atoms with Gasteiger partial charge in [-0.3, -0.25) is 9.59 Å². The van der Waals surface area contributed by atoms with Crippen LogP contribution in [0.1, 0.15) is 43.0 Å². The highest BCUT2D eigenvalue weighted by Crippen LogP contribution is 2.17. The molecule has 0 aliphatic carbocycles. The van der Waals surface area contributed by atoms with Gasteiger partial charge in [0.05, 0.1) is 0 Å². The van der Waals surface area contributed by atoms with E-state index in [1.807, 2.05) is 77.1 Å². The number of nitrogens with zero attached hydrogens (tertiary/aromatic N) is 1. The Morgan fingerprint density at radius 2 is 1.63 bits per heavy atom. The Kier molecular flexibility index (Phi) is 8.46. The summed E-state index contributed by atoms with van der Waals surface area (Å²) < 4.78 is 5.75. The number of hydrogen-bond acceptors (Lipinski definition) is 3. The second kappa shape index (κ2) is 10.8. The predicted molar refractivity (Wildman–Crippen MR) is 120 cm³/mol. The van der Waals surface area contributed by atoms with Crippen molar-refractivity contribution >= 4 is 11.8 Å². The molecule has 1 unspecified atom stereocenters. The zero-order valence-corrected chi connectivity index (χ0v) is 19.0. The number of ether oxygens (including phenoxy) is 1. The van der Waals surface area contributed by atoms with Gasteiger partial charge in [-0.1, -0.05) is 49.7 Å². The molecule has 2 aromatic rings. The van der Waals surface area contributed by atoms with E-state index in [4.69, 9.17) is 4.74 Å². The molecule has 0 aliphatic heterocycles. The van der Waals surface area contributed by atoms with E-state index in [2.05, 4.69) is 5.32 Å². The first-order valence-corrected chi connectivity index (χ1v) is 10.5. The second-order valence-corrected chi connectivity index (χ2v) is 8.36. The lowest BCUT2D eigenvalue weighted by atomic mass is 10.1. The van der Waals surface area contributed by atoms with Crippen LogP contribution in [0.3, 0.4) is 0 Å². The quantitative estimate of drug-likeness (QED) is 0.675. The van der Waals surface area contributed by atoms with Crippen LogP contribution < -0.4 is 10.1 Å². The van der Waals surface area contributed by atoms with Crippen molar-refractivity contribution in [3.05, 3.63) is 64.7 Å². The van der Waals surface area contributed by atoms with E-state index >= 15 is 0 Å². The molecule has 0 aromatic heterocycles. The Bertz CT molecular complexity index is 859. The van der Waals surface area contributed by atoms with Crippen molar-refractivity contribution in [3.8, 4) is 5.75 Å². The molecular weight excluding hydrogens is 376 g/mol. The van der Waals surface area contributed by atoms with E-state index in [-0.39, 0.29) is 18.4 Å². The molecule has 0 saturated carbocycles. The standard InChI is InChI=1S/C25H34N2O3/c1-17(2)14-26-25(29)21(6)27(15-22-10-7-18(3)8-11-22)24(28)16-30-23-12-9-19(4)20(5)13-23/h7-13,17,21H,14-16H2,1-6H3,(H,26,29). The van der Waals surface area contributed by atoms with Crippen molar-refractivity contribution in [2.24, 2.45) is 5.92 Å². The molecule has 0 saturated heterocycles. The van der Waals surface area contributed by atoms with Crippen LogP contribution in [0.5, 0.6) is 5.75 Å². The summed E-state index contributed by atoms with van der Waals surface area (Å²) in [6, 6.07) is 13.1. The highest BCUT2D eigenvalue weighted by Gasteiger charge is 2.26. The van der Waals surface area contributed by atoms with Gasteiger partial charge in [0.2, 0.25) is 5.91 Å². The van der Waals surface area contributed by atoms with Crippen LogP contribution in [0.25, 0.3) is 0 Å². The maximum absolute atomic E-state index is 13.0. The molecule has 2 rings (SSSR count). The van der Waals surface area contributed by atoms with E-state index in [9.17, 15) is 9.59 Å². The van der Waals surface area contributed by atoms with Crippen LogP contribution >= 0.6 is 0 Å². The van der Waals surface area contributed by atoms with Crippen LogP contribution in [0.15, 0.2) is 42.5 Å². The maximum atomic E-state index is 13.0. The first kappa shape index (κ1) is 23.5. The van der Waals surface area contributed by atoms with Crippen molar-refractivity contribution in [2.75, 3.05) is 13.2 Å². The minimum Gasteiger partial charge on any atom is -0.484 e. The van der Waals surface area contributed by atoms with Gasteiger partial charge in [-0.25, -0.2) is 0 Å². The Balaban J connectivity index is 2.13. The van der Waals surface area contributed by atoms with Crippen molar-refractivity contribution in [3.63, 3.8) is 0 Å². The topological polar surface area (TPSA) is 58.6 Å². The fraction of sp³-hybridized carbons (Fsp3) is 0.440. The molecule has 0 aliphatic rings. The highest BCUT2D eigenvalue weighted by molar-refractivity contribution is 5.87. The monoisotopic (exact) mass is 410 g/mol. The molecule has 0 fully saturated rings. The van der Waals surface area contributed by atoms with Gasteiger partial charge in [0.15, 0.2) is 6.61 Å². The third-order valence-corrected chi connectivity index (χ3v) is 5.17. The molecule has 30 heavy (non-hydrogen) atoms. The average molecular weight is 411 g/mol. The van der Waals surface area contributed by atoms with Gasteiger partial charge in [-0.2, -0.15) is 0 Å². The van der Waals surface area contributed by atoms with E-state index < -0.39 is 6.04 Å². The minimum absolute atomic E-state index is 0.115. The summed E-state index contributed by atoms with van der Waals surface area (Å²) in [5.41, 5.74) is 4.41. The van der Waals surface area contributed by atoms with Gasteiger partial charge in [0.1, 0.15) is 11.8 Å². The molecule has 2 aromatic carbocycles. The van der Waals surface area contributed by atoms with Crippen LogP contribution in [-0.2, 0) is 16.1 Å². The average Bonchev–Trinajstić information content (AvgIpc) is 2.71. The fourth-order valence-corrected chi connectivity index (χ4v) is 2.96. The summed E-state index contributed by atoms with van der Waals surface area (Å²) in [4.78, 5) is 27.3. The van der Waals surface area contributed by atoms with Crippen LogP contribution in [-0.4, -0.2) is 35.9 Å². The number of carbonyl (C=O) groups excluding carboxylic acids is 2. The largest absolute Gasteiger partial charge is 0.484 e. The van der Waals surface area contributed by atoms with Crippen molar-refractivity contribution < 1.29 is 14.3 Å². The number of carbonyl (C=O) groups is 2. The van der Waals surface area contributed by atoms with Crippen molar-refractivity contribution in [1.29, 1.82) is 0 Å². The molecule has 0 heterocycles. The number of rotatable bonds is 9. The number of nitrogens with one attached hydrogen (secondary N) is 1. The van der Waals surface area contributed by atoms with Crippen molar-refractivity contribution in [1.82, 2.24) is 10.2 Å². The number of hydrogen-bond donors (Lipinski definition) is 1. The van der Waals surface area contributed by atoms with Gasteiger partial charge in [-0.05, 0) is 62.4 Å². The van der Waals surface area contributed by atoms with E-state index in [0.29, 0.717) is 24.8 Å². The number of benzene rings is 2. The van der Waals surface area contributed by atoms with Gasteiger partial charge < -0.3 is 15.0 Å². The fourth-order valence-electron chi connectivity index (χ4n) is 2.96. The van der Waals surface area contributed by atoms with Crippen LogP contribution in [0.4, 0.5) is 0 Å². The molecule has 2 amide bonds. The van der Waals surface area contributed by atoms with Gasteiger partial charge >= 0.3 is 0 Å². The SMILES string of the molecule is Cc1ccc(CN(C(=O)COc2ccc(C)c(C)c2)C(C)C(=O)NCC(C)C)cc1. The molecule has 0 spiro atoms. The van der Waals surface area contributed by atoms with E-state index in [0.717, 1.165) is 16.7 Å². The van der Waals surface area contributed by atoms with Crippen LogP contribution in [0.2, 0.25) is 0 Å². The summed E-state index contributed by atoms with van der Waals surface area (Å²) in [6.45, 7) is 12.7. The third kappa shape index (κ3) is 6.90. The van der Waals surface area contributed by atoms with Gasteiger partial charge in [0, 0.05) is 13.1 Å². The maximum Gasteiger partial charge on any atom is 0.261 e. The molecule has 1 atom stereocenters. The lowest BCUT2D eigenvalue weighted by molar-refractivity contribution is -0.142. The minimum atomic E-state index is -0.596. The summed E-state index contributed by atoms with van der Waals surface area (Å²) in [6.07, 6.45) is 0. The lowest BCUT2D eigenvalue weighted by Gasteiger charge is -2.29. The second-order valence-electron chi connectivity index (χ2n) is 8.36. The van der Waals surface area contributed by atoms with Gasteiger partial charge in [0.25, 0.3) is 5.91 Å². The normalized spacial score (nSPS) is 11.8. The Labute approximate surface area is 180 Å². The first-order chi connectivity index (χ1) is 14.2. The Hall–Kier alpha value is -2.82. The molecular formula is C25H34N2O3. The highest BCUT2D eigenvalue weighted by atomic mass is 16.5. The number of aryl methyl sites for hydroxylation is 3. The summed E-state index contributed by atoms with van der Waals surface area (Å²) in [5, 5.41) is 2.93.